The van der Waals surface area contributed by atoms with E-state index in [1.807, 2.05) is 30.3 Å². The second-order valence-electron chi connectivity index (χ2n) is 3.98. The highest BCUT2D eigenvalue weighted by molar-refractivity contribution is 6.32. The molecule has 0 unspecified atom stereocenters. The van der Waals surface area contributed by atoms with Crippen LogP contribution in [0.1, 0.15) is 12.5 Å². The van der Waals surface area contributed by atoms with E-state index in [1.165, 1.54) is 12.3 Å². The first kappa shape index (κ1) is 14.3. The molecule has 0 aliphatic rings. The smallest absolute Gasteiger partial charge is 0.173 e. The van der Waals surface area contributed by atoms with E-state index in [1.54, 1.807) is 13.0 Å². The summed E-state index contributed by atoms with van der Waals surface area (Å²) in [6.07, 6.45) is 1.50. The van der Waals surface area contributed by atoms with Crippen LogP contribution in [0.25, 0.3) is 0 Å². The topological polar surface area (TPSA) is 33.6 Å². The van der Waals surface area contributed by atoms with Gasteiger partial charge in [0.1, 0.15) is 0 Å². The highest BCUT2D eigenvalue weighted by Crippen LogP contribution is 2.28. The maximum Gasteiger partial charge on any atom is 0.173 e. The Hall–Kier alpha value is -2.07. The Balaban J connectivity index is 2.10. The van der Waals surface area contributed by atoms with E-state index in [4.69, 9.17) is 16.3 Å². The van der Waals surface area contributed by atoms with Crippen molar-refractivity contribution in [2.45, 2.75) is 6.92 Å². The molecule has 2 aromatic carbocycles. The molecular weight excluding hydrogens is 279 g/mol. The summed E-state index contributed by atoms with van der Waals surface area (Å²) >= 11 is 5.96. The van der Waals surface area contributed by atoms with E-state index in [9.17, 15) is 4.39 Å². The number of anilines is 1. The van der Waals surface area contributed by atoms with Gasteiger partial charge in [0, 0.05) is 0 Å². The maximum atomic E-state index is 13.8. The van der Waals surface area contributed by atoms with Crippen LogP contribution in [0, 0.1) is 5.82 Å². The molecule has 0 atom stereocenters. The minimum absolute atomic E-state index is 0.0716. The van der Waals surface area contributed by atoms with E-state index in [0.29, 0.717) is 12.2 Å². The summed E-state index contributed by atoms with van der Waals surface area (Å²) in [5.41, 5.74) is 4.25. The molecule has 2 aromatic rings. The summed E-state index contributed by atoms with van der Waals surface area (Å²) in [5, 5.41) is 4.26. The molecule has 2 rings (SSSR count). The Kier molecular flexibility index (Phi) is 4.96. The van der Waals surface area contributed by atoms with Crippen LogP contribution in [0.15, 0.2) is 47.6 Å². The van der Waals surface area contributed by atoms with Crippen LogP contribution in [0.3, 0.4) is 0 Å². The number of halogens is 2. The molecule has 0 aliphatic carbocycles. The van der Waals surface area contributed by atoms with Gasteiger partial charge in [0.2, 0.25) is 0 Å². The predicted octanol–water partition coefficient (Wildman–Crippen LogP) is 4.32. The number of hydrogen-bond donors (Lipinski definition) is 1. The lowest BCUT2D eigenvalue weighted by Gasteiger charge is -2.07. The third-order valence-electron chi connectivity index (χ3n) is 2.49. The minimum Gasteiger partial charge on any atom is -0.489 e. The normalized spacial score (nSPS) is 10.8. The van der Waals surface area contributed by atoms with Gasteiger partial charge in [-0.2, -0.15) is 5.10 Å². The SMILES string of the molecule is CCOc1c(F)cc(C=NNc2ccccc2)cc1Cl. The van der Waals surface area contributed by atoms with E-state index in [2.05, 4.69) is 10.5 Å². The minimum atomic E-state index is -0.500. The molecule has 1 N–H and O–H groups in total. The van der Waals surface area contributed by atoms with Crippen molar-refractivity contribution >= 4 is 23.5 Å². The fourth-order valence-electron chi connectivity index (χ4n) is 1.63. The third kappa shape index (κ3) is 3.71. The number of rotatable bonds is 5. The first-order chi connectivity index (χ1) is 9.70. The molecule has 0 radical (unpaired) electrons. The zero-order valence-corrected chi connectivity index (χ0v) is 11.7. The number of benzene rings is 2. The molecule has 0 amide bonds. The fourth-order valence-corrected chi connectivity index (χ4v) is 1.90. The van der Waals surface area contributed by atoms with Crippen molar-refractivity contribution in [3.8, 4) is 5.75 Å². The lowest BCUT2D eigenvalue weighted by atomic mass is 10.2. The highest BCUT2D eigenvalue weighted by atomic mass is 35.5. The van der Waals surface area contributed by atoms with Crippen molar-refractivity contribution < 1.29 is 9.13 Å². The molecule has 0 spiro atoms. The molecular formula is C15H14ClFN2O. The van der Waals surface area contributed by atoms with Crippen LogP contribution < -0.4 is 10.2 Å². The van der Waals surface area contributed by atoms with E-state index < -0.39 is 5.82 Å². The molecule has 0 fully saturated rings. The van der Waals surface area contributed by atoms with Crippen molar-refractivity contribution in [1.29, 1.82) is 0 Å². The van der Waals surface area contributed by atoms with Crippen LogP contribution in [0.4, 0.5) is 10.1 Å². The van der Waals surface area contributed by atoms with Crippen molar-refractivity contribution in [2.24, 2.45) is 5.10 Å². The average molecular weight is 293 g/mol. The van der Waals surface area contributed by atoms with Crippen LogP contribution in [-0.4, -0.2) is 12.8 Å². The summed E-state index contributed by atoms with van der Waals surface area (Å²) < 4.78 is 18.9. The summed E-state index contributed by atoms with van der Waals surface area (Å²) in [5.74, 6) is -0.428. The molecule has 5 heteroatoms. The first-order valence-electron chi connectivity index (χ1n) is 6.16. The summed E-state index contributed by atoms with van der Waals surface area (Å²) in [4.78, 5) is 0. The lowest BCUT2D eigenvalue weighted by molar-refractivity contribution is 0.322. The quantitative estimate of drug-likeness (QED) is 0.657. The van der Waals surface area contributed by atoms with Crippen LogP contribution in [0.5, 0.6) is 5.75 Å². The highest BCUT2D eigenvalue weighted by Gasteiger charge is 2.09. The second kappa shape index (κ2) is 6.91. The number of para-hydroxylation sites is 1. The van der Waals surface area contributed by atoms with E-state index in [0.717, 1.165) is 5.69 Å². The van der Waals surface area contributed by atoms with Gasteiger partial charge in [-0.15, -0.1) is 0 Å². The van der Waals surface area contributed by atoms with Gasteiger partial charge in [0.15, 0.2) is 11.6 Å². The molecule has 0 saturated heterocycles. The Morgan fingerprint density at radius 2 is 2.05 bits per heavy atom. The van der Waals surface area contributed by atoms with Gasteiger partial charge in [0.25, 0.3) is 0 Å². The van der Waals surface area contributed by atoms with Gasteiger partial charge in [-0.05, 0) is 36.8 Å². The third-order valence-corrected chi connectivity index (χ3v) is 2.77. The monoisotopic (exact) mass is 292 g/mol. The molecule has 0 saturated carbocycles. The van der Waals surface area contributed by atoms with Crippen molar-refractivity contribution in [1.82, 2.24) is 0 Å². The lowest BCUT2D eigenvalue weighted by Crippen LogP contribution is -1.97. The summed E-state index contributed by atoms with van der Waals surface area (Å²) in [7, 11) is 0. The van der Waals surface area contributed by atoms with E-state index in [-0.39, 0.29) is 10.8 Å². The maximum absolute atomic E-state index is 13.8. The van der Waals surface area contributed by atoms with Crippen molar-refractivity contribution in [3.63, 3.8) is 0 Å². The largest absolute Gasteiger partial charge is 0.489 e. The van der Waals surface area contributed by atoms with Crippen molar-refractivity contribution in [2.75, 3.05) is 12.0 Å². The van der Waals surface area contributed by atoms with Gasteiger partial charge in [0.05, 0.1) is 23.5 Å². The molecule has 0 bridgehead atoms. The first-order valence-corrected chi connectivity index (χ1v) is 6.54. The predicted molar refractivity (Wildman–Crippen MR) is 80.2 cm³/mol. The molecule has 0 aliphatic heterocycles. The van der Waals surface area contributed by atoms with Crippen molar-refractivity contribution in [3.05, 3.63) is 58.9 Å². The number of ether oxygens (including phenoxy) is 1. The number of hydrogen-bond acceptors (Lipinski definition) is 3. The molecule has 0 heterocycles. The van der Waals surface area contributed by atoms with Crippen LogP contribution in [-0.2, 0) is 0 Å². The molecule has 3 nitrogen and oxygen atoms in total. The molecule has 0 aromatic heterocycles. The van der Waals surface area contributed by atoms with E-state index >= 15 is 0 Å². The average Bonchev–Trinajstić information content (AvgIpc) is 2.44. The zero-order chi connectivity index (χ0) is 14.4. The Morgan fingerprint density at radius 3 is 2.70 bits per heavy atom. The van der Waals surface area contributed by atoms with Gasteiger partial charge in [-0.25, -0.2) is 4.39 Å². The van der Waals surface area contributed by atoms with Gasteiger partial charge in [-0.3, -0.25) is 5.43 Å². The standard InChI is InChI=1S/C15H14ClFN2O/c1-2-20-15-13(16)8-11(9-14(15)17)10-18-19-12-6-4-3-5-7-12/h3-10,19H,2H2,1H3. The van der Waals surface area contributed by atoms with Crippen LogP contribution in [0.2, 0.25) is 5.02 Å². The fraction of sp³-hybridized carbons (Fsp3) is 0.133. The zero-order valence-electron chi connectivity index (χ0n) is 10.9. The summed E-state index contributed by atoms with van der Waals surface area (Å²) in [6, 6.07) is 12.4. The number of nitrogens with one attached hydrogen (secondary N) is 1. The van der Waals surface area contributed by atoms with Gasteiger partial charge in [-0.1, -0.05) is 29.8 Å². The van der Waals surface area contributed by atoms with Crippen LogP contribution >= 0.6 is 11.6 Å². The number of hydrazone groups is 1. The molecule has 20 heavy (non-hydrogen) atoms. The Morgan fingerprint density at radius 1 is 1.30 bits per heavy atom. The Labute approximate surface area is 122 Å². The second-order valence-corrected chi connectivity index (χ2v) is 4.39. The Bertz CT molecular complexity index is 579. The summed E-state index contributed by atoms with van der Waals surface area (Å²) in [6.45, 7) is 2.13. The van der Waals surface area contributed by atoms with Gasteiger partial charge >= 0.3 is 0 Å². The molecule has 104 valence electrons. The van der Waals surface area contributed by atoms with Gasteiger partial charge < -0.3 is 4.74 Å². The number of nitrogens with zero attached hydrogens (tertiary/aromatic N) is 1.